The Balaban J connectivity index is 1.94. The van der Waals surface area contributed by atoms with Gasteiger partial charge >= 0.3 is 0 Å². The maximum absolute atomic E-state index is 13.4. The fourth-order valence-corrected chi connectivity index (χ4v) is 7.30. The first-order chi connectivity index (χ1) is 16.0. The van der Waals surface area contributed by atoms with Crippen LogP contribution in [0.5, 0.6) is 0 Å². The molecule has 0 bridgehead atoms. The van der Waals surface area contributed by atoms with E-state index in [0.29, 0.717) is 13.0 Å². The Kier molecular flexibility index (Phi) is 8.61. The maximum Gasteiger partial charge on any atom is 0.254 e. The minimum atomic E-state index is -4.27. The van der Waals surface area contributed by atoms with Crippen LogP contribution in [0, 0.1) is 0 Å². The van der Waals surface area contributed by atoms with Crippen molar-refractivity contribution < 1.29 is 21.6 Å². The molecule has 1 aliphatic heterocycles. The third-order valence-corrected chi connectivity index (χ3v) is 9.94. The van der Waals surface area contributed by atoms with Crippen LogP contribution in [-0.2, 0) is 37.9 Å². The van der Waals surface area contributed by atoms with Gasteiger partial charge in [0.05, 0.1) is 20.7 Å². The summed E-state index contributed by atoms with van der Waals surface area (Å²) in [5.41, 5.74) is 7.27. The molecule has 0 radical (unpaired) electrons. The zero-order valence-electron chi connectivity index (χ0n) is 18.4. The second kappa shape index (κ2) is 10.9. The molecule has 1 atom stereocenters. The zero-order valence-corrected chi connectivity index (χ0v) is 21.6. The summed E-state index contributed by atoms with van der Waals surface area (Å²) in [7, 11) is -8.15. The number of halogens is 2. The highest BCUT2D eigenvalue weighted by molar-refractivity contribution is 7.90. The first-order valence-corrected chi connectivity index (χ1v) is 14.3. The van der Waals surface area contributed by atoms with Crippen molar-refractivity contribution in [2.45, 2.75) is 37.5 Å². The first-order valence-electron chi connectivity index (χ1n) is 10.5. The molecule has 1 fully saturated rings. The minimum Gasteiger partial charge on any atom is -0.349 e. The van der Waals surface area contributed by atoms with Crippen molar-refractivity contribution in [3.05, 3.63) is 63.6 Å². The molecule has 13 heteroatoms. The Morgan fingerprint density at radius 3 is 2.35 bits per heavy atom. The monoisotopic (exact) mass is 548 g/mol. The normalized spacial score (nSPS) is 17.7. The van der Waals surface area contributed by atoms with Gasteiger partial charge in [0.25, 0.3) is 5.91 Å². The third kappa shape index (κ3) is 5.73. The van der Waals surface area contributed by atoms with Crippen molar-refractivity contribution in [1.29, 1.82) is 0 Å². The lowest BCUT2D eigenvalue weighted by Crippen LogP contribution is -2.53. The predicted octanol–water partition coefficient (Wildman–Crippen LogP) is 2.14. The zero-order chi connectivity index (χ0) is 25.1. The summed E-state index contributed by atoms with van der Waals surface area (Å²) < 4.78 is 54.4. The van der Waals surface area contributed by atoms with Crippen molar-refractivity contribution in [2.24, 2.45) is 5.73 Å². The molecule has 1 heterocycles. The van der Waals surface area contributed by atoms with Crippen molar-refractivity contribution in [3.63, 3.8) is 0 Å². The summed E-state index contributed by atoms with van der Waals surface area (Å²) in [4.78, 5) is 13.1. The highest BCUT2D eigenvalue weighted by Crippen LogP contribution is 2.30. The molecule has 3 N–H and O–H groups in total. The van der Waals surface area contributed by atoms with E-state index in [1.165, 1.54) is 18.2 Å². The molecule has 9 nitrogen and oxygen atoms in total. The van der Waals surface area contributed by atoms with Crippen LogP contribution in [0.25, 0.3) is 0 Å². The fraction of sp³-hybridized carbons (Fsp3) is 0.381. The van der Waals surface area contributed by atoms with Crippen LogP contribution in [0.2, 0.25) is 10.0 Å². The van der Waals surface area contributed by atoms with Crippen molar-refractivity contribution in [2.75, 3.05) is 18.8 Å². The summed E-state index contributed by atoms with van der Waals surface area (Å²) in [5.74, 6) is -0.963. The van der Waals surface area contributed by atoms with Crippen LogP contribution in [0.15, 0.2) is 47.4 Å². The Bertz CT molecular complexity index is 1270. The quantitative estimate of drug-likeness (QED) is 0.493. The molecule has 1 unspecified atom stereocenters. The first kappa shape index (κ1) is 26.9. The van der Waals surface area contributed by atoms with E-state index in [1.54, 1.807) is 19.1 Å². The van der Waals surface area contributed by atoms with Crippen LogP contribution in [0.4, 0.5) is 0 Å². The molecule has 1 amide bonds. The van der Waals surface area contributed by atoms with Gasteiger partial charge in [0.15, 0.2) is 6.17 Å². The van der Waals surface area contributed by atoms with E-state index < -0.39 is 32.1 Å². The molecular weight excluding hydrogens is 523 g/mol. The summed E-state index contributed by atoms with van der Waals surface area (Å²) >= 11 is 11.9. The molecule has 0 aromatic heterocycles. The maximum atomic E-state index is 13.4. The number of sulfonamides is 2. The number of nitrogens with one attached hydrogen (secondary N) is 1. The van der Waals surface area contributed by atoms with E-state index >= 15 is 0 Å². The van der Waals surface area contributed by atoms with Crippen molar-refractivity contribution in [1.82, 2.24) is 13.9 Å². The van der Waals surface area contributed by atoms with Crippen LogP contribution in [-0.4, -0.2) is 56.4 Å². The van der Waals surface area contributed by atoms with E-state index in [1.807, 2.05) is 12.1 Å². The smallest absolute Gasteiger partial charge is 0.254 e. The van der Waals surface area contributed by atoms with E-state index in [9.17, 15) is 21.6 Å². The van der Waals surface area contributed by atoms with Gasteiger partial charge in [0, 0.05) is 26.2 Å². The predicted molar refractivity (Wildman–Crippen MR) is 131 cm³/mol. The highest BCUT2D eigenvalue weighted by Gasteiger charge is 2.48. The Labute approximate surface area is 209 Å². The van der Waals surface area contributed by atoms with Crippen LogP contribution in [0.1, 0.15) is 24.5 Å². The van der Waals surface area contributed by atoms with Gasteiger partial charge in [-0.2, -0.15) is 8.61 Å². The molecule has 0 saturated carbocycles. The average molecular weight is 550 g/mol. The van der Waals surface area contributed by atoms with Gasteiger partial charge in [-0.15, -0.1) is 0 Å². The third-order valence-electron chi connectivity index (χ3n) is 5.33. The number of hydrogen-bond donors (Lipinski definition) is 2. The number of benzene rings is 2. The van der Waals surface area contributed by atoms with Gasteiger partial charge in [0.2, 0.25) is 20.0 Å². The summed E-state index contributed by atoms with van der Waals surface area (Å²) in [5, 5.41) is 2.87. The van der Waals surface area contributed by atoms with Gasteiger partial charge < -0.3 is 11.1 Å². The summed E-state index contributed by atoms with van der Waals surface area (Å²) in [6, 6.07) is 11.0. The number of rotatable bonds is 9. The molecule has 34 heavy (non-hydrogen) atoms. The van der Waals surface area contributed by atoms with E-state index in [-0.39, 0.29) is 40.3 Å². The van der Waals surface area contributed by atoms with E-state index in [2.05, 4.69) is 5.32 Å². The standard InChI is InChI=1S/C21H26Cl2N4O5S2/c1-2-10-33(29,30)26-8-9-27(34(31,32)17-6-7-18(22)19(23)12-17)21(26)20(28)25-14-16-5-3-4-15(11-16)13-24/h3-7,11-12,21H,2,8-10,13-14,24H2,1H3,(H,25,28). The molecule has 0 spiro atoms. The van der Waals surface area contributed by atoms with Gasteiger partial charge in [0.1, 0.15) is 0 Å². The Morgan fingerprint density at radius 1 is 1.03 bits per heavy atom. The lowest BCUT2D eigenvalue weighted by molar-refractivity contribution is -0.126. The van der Waals surface area contributed by atoms with Crippen molar-refractivity contribution in [3.8, 4) is 0 Å². The highest BCUT2D eigenvalue weighted by atomic mass is 35.5. The van der Waals surface area contributed by atoms with E-state index in [4.69, 9.17) is 28.9 Å². The van der Waals surface area contributed by atoms with Crippen molar-refractivity contribution >= 4 is 49.2 Å². The number of amides is 1. The SMILES string of the molecule is CCCS(=O)(=O)N1CCN(S(=O)(=O)c2ccc(Cl)c(Cl)c2)C1C(=O)NCc1cccc(CN)c1. The molecule has 1 aliphatic rings. The Morgan fingerprint density at radius 2 is 1.71 bits per heavy atom. The molecular formula is C21H26Cl2N4O5S2. The lowest BCUT2D eigenvalue weighted by Gasteiger charge is -2.28. The molecule has 1 saturated heterocycles. The Hall–Kier alpha value is -1.73. The van der Waals surface area contributed by atoms with Gasteiger partial charge in [-0.25, -0.2) is 16.8 Å². The molecule has 3 rings (SSSR count). The summed E-state index contributed by atoms with van der Waals surface area (Å²) in [6.07, 6.45) is -1.26. The second-order valence-electron chi connectivity index (χ2n) is 7.73. The fourth-order valence-electron chi connectivity index (χ4n) is 3.68. The van der Waals surface area contributed by atoms with Gasteiger partial charge in [-0.1, -0.05) is 54.4 Å². The number of carbonyl (C=O) groups excluding carboxylic acids is 1. The topological polar surface area (TPSA) is 130 Å². The lowest BCUT2D eigenvalue weighted by atomic mass is 10.1. The van der Waals surface area contributed by atoms with Crippen LogP contribution >= 0.6 is 23.2 Å². The van der Waals surface area contributed by atoms with Gasteiger partial charge in [-0.05, 0) is 35.7 Å². The largest absolute Gasteiger partial charge is 0.349 e. The number of carbonyl (C=O) groups is 1. The van der Waals surface area contributed by atoms with E-state index in [0.717, 1.165) is 19.7 Å². The van der Waals surface area contributed by atoms with Crippen LogP contribution in [0.3, 0.4) is 0 Å². The van der Waals surface area contributed by atoms with Gasteiger partial charge in [-0.3, -0.25) is 4.79 Å². The molecule has 0 aliphatic carbocycles. The number of nitrogens with zero attached hydrogens (tertiary/aromatic N) is 2. The summed E-state index contributed by atoms with van der Waals surface area (Å²) in [6.45, 7) is 1.75. The number of hydrogen-bond acceptors (Lipinski definition) is 6. The molecule has 2 aromatic carbocycles. The minimum absolute atomic E-state index is 0.0261. The van der Waals surface area contributed by atoms with Crippen LogP contribution < -0.4 is 11.1 Å². The molecule has 186 valence electrons. The second-order valence-corrected chi connectivity index (χ2v) is 12.5. The molecule has 2 aromatic rings. The average Bonchev–Trinajstić information content (AvgIpc) is 3.26. The number of nitrogens with two attached hydrogens (primary N) is 1.